The van der Waals surface area contributed by atoms with Crippen LogP contribution in [0.5, 0.6) is 0 Å². The lowest BCUT2D eigenvalue weighted by molar-refractivity contribution is -0.123. The van der Waals surface area contributed by atoms with E-state index in [9.17, 15) is 13.2 Å². The molecule has 1 aliphatic heterocycles. The molecule has 0 aromatic heterocycles. The molecule has 2 atom stereocenters. The molecule has 0 saturated carbocycles. The lowest BCUT2D eigenvalue weighted by Gasteiger charge is -2.16. The number of carbonyl (C=O) groups is 1. The van der Waals surface area contributed by atoms with Crippen LogP contribution in [0, 0.1) is 11.8 Å². The summed E-state index contributed by atoms with van der Waals surface area (Å²) in [6, 6.07) is 0. The van der Waals surface area contributed by atoms with Crippen molar-refractivity contribution in [2.75, 3.05) is 18.1 Å². The zero-order valence-corrected chi connectivity index (χ0v) is 12.1. The quantitative estimate of drug-likeness (QED) is 0.685. The molecular weight excluding hydrogens is 272 g/mol. The summed E-state index contributed by atoms with van der Waals surface area (Å²) in [5.74, 6) is -0.218. The molecule has 3 N–H and O–H groups in total. The lowest BCUT2D eigenvalue weighted by Crippen LogP contribution is -2.40. The molecule has 0 radical (unpaired) electrons. The van der Waals surface area contributed by atoms with Gasteiger partial charge in [-0.2, -0.15) is 0 Å². The minimum Gasteiger partial charge on any atom is -0.393 e. The van der Waals surface area contributed by atoms with Gasteiger partial charge in [0, 0.05) is 6.54 Å². The Morgan fingerprint density at radius 2 is 2.22 bits per heavy atom. The van der Waals surface area contributed by atoms with E-state index in [-0.39, 0.29) is 28.3 Å². The summed E-state index contributed by atoms with van der Waals surface area (Å²) in [4.78, 5) is 12.1. The number of nitrogens with one attached hydrogen (secondary N) is 1. The minimum absolute atomic E-state index is 0.0209. The first-order valence-corrected chi connectivity index (χ1v) is 8.36. The monoisotopic (exact) mass is 292 g/mol. The van der Waals surface area contributed by atoms with Crippen LogP contribution in [0.25, 0.3) is 0 Å². The van der Waals surface area contributed by atoms with Crippen LogP contribution in [-0.4, -0.2) is 37.4 Å². The molecule has 1 saturated heterocycles. The van der Waals surface area contributed by atoms with E-state index in [0.717, 1.165) is 6.42 Å². The van der Waals surface area contributed by atoms with Crippen molar-refractivity contribution < 1.29 is 13.2 Å². The molecule has 0 spiro atoms. The summed E-state index contributed by atoms with van der Waals surface area (Å²) in [6.07, 6.45) is 2.07. The van der Waals surface area contributed by atoms with E-state index in [2.05, 4.69) is 5.32 Å². The van der Waals surface area contributed by atoms with Gasteiger partial charge in [-0.05, 0) is 18.8 Å². The Bertz CT molecular complexity index is 420. The van der Waals surface area contributed by atoms with Gasteiger partial charge in [0.15, 0.2) is 9.84 Å². The zero-order chi connectivity index (χ0) is 13.8. The van der Waals surface area contributed by atoms with Crippen molar-refractivity contribution >= 4 is 33.0 Å². The van der Waals surface area contributed by atoms with E-state index in [1.54, 1.807) is 0 Å². The number of hydrogen-bond acceptors (Lipinski definition) is 4. The summed E-state index contributed by atoms with van der Waals surface area (Å²) < 4.78 is 22.6. The van der Waals surface area contributed by atoms with Gasteiger partial charge < -0.3 is 11.1 Å². The highest BCUT2D eigenvalue weighted by atomic mass is 32.2. The third-order valence-corrected chi connectivity index (χ3v) is 5.25. The highest BCUT2D eigenvalue weighted by Crippen LogP contribution is 2.17. The van der Waals surface area contributed by atoms with Gasteiger partial charge in [-0.15, -0.1) is 0 Å². The average molecular weight is 292 g/mol. The fourth-order valence-electron chi connectivity index (χ4n) is 2.09. The third-order valence-electron chi connectivity index (χ3n) is 3.13. The van der Waals surface area contributed by atoms with Gasteiger partial charge in [0.25, 0.3) is 0 Å². The highest BCUT2D eigenvalue weighted by Gasteiger charge is 2.29. The number of amides is 1. The Morgan fingerprint density at radius 1 is 1.56 bits per heavy atom. The van der Waals surface area contributed by atoms with E-state index in [4.69, 9.17) is 18.0 Å². The van der Waals surface area contributed by atoms with Crippen LogP contribution in [0.4, 0.5) is 0 Å². The fourth-order valence-corrected chi connectivity index (χ4v) is 4.18. The largest absolute Gasteiger partial charge is 0.393 e. The van der Waals surface area contributed by atoms with E-state index in [0.29, 0.717) is 19.4 Å². The predicted octanol–water partition coefficient (Wildman–Crippen LogP) is 0.240. The van der Waals surface area contributed by atoms with Crippen LogP contribution < -0.4 is 11.1 Å². The summed E-state index contributed by atoms with van der Waals surface area (Å²) in [5.41, 5.74) is 5.53. The van der Waals surface area contributed by atoms with E-state index in [1.807, 2.05) is 6.92 Å². The van der Waals surface area contributed by atoms with Gasteiger partial charge in [0.2, 0.25) is 5.91 Å². The van der Waals surface area contributed by atoms with Gasteiger partial charge in [0.1, 0.15) is 0 Å². The molecule has 1 fully saturated rings. The molecule has 0 bridgehead atoms. The van der Waals surface area contributed by atoms with Gasteiger partial charge >= 0.3 is 0 Å². The van der Waals surface area contributed by atoms with Crippen molar-refractivity contribution in [1.29, 1.82) is 0 Å². The standard InChI is InChI=1S/C11H20N2O3S2/c1-2-3-9(10(12)17)11(14)13-6-8-4-5-18(15,16)7-8/h8-9H,2-7H2,1H3,(H2,12,17)(H,13,14). The summed E-state index contributed by atoms with van der Waals surface area (Å²) in [7, 11) is -2.89. The second-order valence-electron chi connectivity index (χ2n) is 4.76. The number of hydrogen-bond donors (Lipinski definition) is 2. The number of thiocarbonyl (C=S) groups is 1. The van der Waals surface area contributed by atoms with E-state index >= 15 is 0 Å². The molecule has 2 unspecified atom stereocenters. The van der Waals surface area contributed by atoms with Crippen LogP contribution in [0.1, 0.15) is 26.2 Å². The van der Waals surface area contributed by atoms with Gasteiger partial charge in [-0.3, -0.25) is 4.79 Å². The number of rotatable bonds is 6. The maximum absolute atomic E-state index is 11.9. The topological polar surface area (TPSA) is 89.3 Å². The SMILES string of the molecule is CCCC(C(=O)NCC1CCS(=O)(=O)C1)C(N)=S. The molecule has 0 aromatic rings. The van der Waals surface area contributed by atoms with Crippen molar-refractivity contribution in [3.05, 3.63) is 0 Å². The summed E-state index contributed by atoms with van der Waals surface area (Å²) >= 11 is 4.87. The van der Waals surface area contributed by atoms with Crippen LogP contribution in [-0.2, 0) is 14.6 Å². The maximum Gasteiger partial charge on any atom is 0.229 e. The van der Waals surface area contributed by atoms with Gasteiger partial charge in [-0.1, -0.05) is 25.6 Å². The summed E-state index contributed by atoms with van der Waals surface area (Å²) in [6.45, 7) is 2.35. The first-order valence-electron chi connectivity index (χ1n) is 6.13. The van der Waals surface area contributed by atoms with Crippen molar-refractivity contribution in [3.63, 3.8) is 0 Å². The van der Waals surface area contributed by atoms with Crippen molar-refractivity contribution in [2.24, 2.45) is 17.6 Å². The second kappa shape index (κ2) is 6.47. The average Bonchev–Trinajstić information content (AvgIpc) is 2.62. The summed E-state index contributed by atoms with van der Waals surface area (Å²) in [5, 5.41) is 2.76. The van der Waals surface area contributed by atoms with Crippen molar-refractivity contribution in [1.82, 2.24) is 5.32 Å². The third kappa shape index (κ3) is 4.53. The van der Waals surface area contributed by atoms with Crippen molar-refractivity contribution in [3.8, 4) is 0 Å². The number of carbonyl (C=O) groups excluding carboxylic acids is 1. The van der Waals surface area contributed by atoms with Gasteiger partial charge in [-0.25, -0.2) is 8.42 Å². The maximum atomic E-state index is 11.9. The molecule has 0 aliphatic carbocycles. The van der Waals surface area contributed by atoms with E-state index < -0.39 is 15.8 Å². The molecule has 18 heavy (non-hydrogen) atoms. The van der Waals surface area contributed by atoms with E-state index in [1.165, 1.54) is 0 Å². The zero-order valence-electron chi connectivity index (χ0n) is 10.5. The Labute approximate surface area is 113 Å². The first-order chi connectivity index (χ1) is 8.35. The molecular formula is C11H20N2O3S2. The fraction of sp³-hybridized carbons (Fsp3) is 0.818. The predicted molar refractivity (Wildman–Crippen MR) is 75.0 cm³/mol. The van der Waals surface area contributed by atoms with Crippen molar-refractivity contribution in [2.45, 2.75) is 26.2 Å². The van der Waals surface area contributed by atoms with Crippen LogP contribution in [0.2, 0.25) is 0 Å². The molecule has 5 nitrogen and oxygen atoms in total. The Balaban J connectivity index is 2.43. The van der Waals surface area contributed by atoms with Crippen LogP contribution in [0.15, 0.2) is 0 Å². The highest BCUT2D eigenvalue weighted by molar-refractivity contribution is 7.91. The molecule has 1 amide bonds. The Kier molecular flexibility index (Phi) is 5.52. The number of nitrogens with two attached hydrogens (primary N) is 1. The van der Waals surface area contributed by atoms with Gasteiger partial charge in [0.05, 0.1) is 22.4 Å². The second-order valence-corrected chi connectivity index (χ2v) is 7.46. The Morgan fingerprint density at radius 3 is 2.67 bits per heavy atom. The Hall–Kier alpha value is -0.690. The molecule has 1 aliphatic rings. The van der Waals surface area contributed by atoms with Crippen LogP contribution >= 0.6 is 12.2 Å². The molecule has 0 aromatic carbocycles. The molecule has 1 rings (SSSR count). The smallest absolute Gasteiger partial charge is 0.229 e. The minimum atomic E-state index is -2.89. The normalized spacial score (nSPS) is 23.5. The molecule has 1 heterocycles. The molecule has 104 valence electrons. The first kappa shape index (κ1) is 15.4. The van der Waals surface area contributed by atoms with Crippen LogP contribution in [0.3, 0.4) is 0 Å². The molecule has 7 heteroatoms. The number of sulfone groups is 1. The lowest BCUT2D eigenvalue weighted by atomic mass is 10.0.